The summed E-state index contributed by atoms with van der Waals surface area (Å²) in [5.74, 6) is -1.19. The van der Waals surface area contributed by atoms with Crippen LogP contribution in [0.3, 0.4) is 0 Å². The van der Waals surface area contributed by atoms with Gasteiger partial charge in [-0.3, -0.25) is 14.9 Å². The fourth-order valence-electron chi connectivity index (χ4n) is 1.49. The van der Waals surface area contributed by atoms with Crippen molar-refractivity contribution in [2.45, 2.75) is 26.3 Å². The number of methoxy groups -OCH3 is 1. The minimum Gasteiger partial charge on any atom is -0.465 e. The Labute approximate surface area is 116 Å². The Bertz CT molecular complexity index is 542. The van der Waals surface area contributed by atoms with Crippen LogP contribution < -0.4 is 5.32 Å². The van der Waals surface area contributed by atoms with E-state index in [9.17, 15) is 19.7 Å². The number of carbonyl (C=O) groups is 2. The van der Waals surface area contributed by atoms with Gasteiger partial charge in [0.2, 0.25) is 0 Å². The van der Waals surface area contributed by atoms with Crippen LogP contribution in [-0.4, -0.2) is 30.0 Å². The van der Waals surface area contributed by atoms with Crippen molar-refractivity contribution in [2.24, 2.45) is 0 Å². The summed E-state index contributed by atoms with van der Waals surface area (Å²) < 4.78 is 4.51. The standard InChI is InChI=1S/C13H16N2O5/c1-4-8(2)14-12(16)9-5-10(13(17)20-3)7-11(6-9)15(18)19/h5-8H,4H2,1-3H3,(H,14,16). The molecule has 0 saturated carbocycles. The second-order valence-electron chi connectivity index (χ2n) is 4.30. The zero-order chi connectivity index (χ0) is 15.3. The summed E-state index contributed by atoms with van der Waals surface area (Å²) in [4.78, 5) is 33.6. The second kappa shape index (κ2) is 6.65. The molecule has 0 radical (unpaired) electrons. The van der Waals surface area contributed by atoms with Gasteiger partial charge in [0.15, 0.2) is 0 Å². The molecule has 0 aliphatic carbocycles. The van der Waals surface area contributed by atoms with Crippen molar-refractivity contribution in [3.63, 3.8) is 0 Å². The Balaban J connectivity index is 3.18. The zero-order valence-electron chi connectivity index (χ0n) is 11.5. The van der Waals surface area contributed by atoms with Crippen LogP contribution in [0.1, 0.15) is 41.0 Å². The van der Waals surface area contributed by atoms with Crippen LogP contribution in [0, 0.1) is 10.1 Å². The lowest BCUT2D eigenvalue weighted by molar-refractivity contribution is -0.384. The van der Waals surface area contributed by atoms with Crippen LogP contribution in [0.25, 0.3) is 0 Å². The maximum atomic E-state index is 12.0. The minimum absolute atomic E-state index is 0.0315. The van der Waals surface area contributed by atoms with E-state index in [0.717, 1.165) is 18.6 Å². The van der Waals surface area contributed by atoms with Crippen molar-refractivity contribution in [1.29, 1.82) is 0 Å². The Kier molecular flexibility index (Phi) is 5.19. The molecule has 1 aromatic carbocycles. The monoisotopic (exact) mass is 280 g/mol. The van der Waals surface area contributed by atoms with Crippen molar-refractivity contribution < 1.29 is 19.2 Å². The number of hydrogen-bond acceptors (Lipinski definition) is 5. The van der Waals surface area contributed by atoms with Crippen LogP contribution in [0.5, 0.6) is 0 Å². The highest BCUT2D eigenvalue weighted by Gasteiger charge is 2.18. The molecule has 0 heterocycles. The highest BCUT2D eigenvalue weighted by molar-refractivity contribution is 5.99. The van der Waals surface area contributed by atoms with Crippen molar-refractivity contribution in [3.05, 3.63) is 39.4 Å². The lowest BCUT2D eigenvalue weighted by atomic mass is 10.1. The van der Waals surface area contributed by atoms with Gasteiger partial charge in [0, 0.05) is 23.7 Å². The number of carbonyl (C=O) groups excluding carboxylic acids is 2. The quantitative estimate of drug-likeness (QED) is 0.504. The van der Waals surface area contributed by atoms with E-state index >= 15 is 0 Å². The van der Waals surface area contributed by atoms with E-state index in [1.807, 2.05) is 13.8 Å². The SMILES string of the molecule is CCC(C)NC(=O)c1cc(C(=O)OC)cc([N+](=O)[O-])c1. The van der Waals surface area contributed by atoms with Crippen LogP contribution >= 0.6 is 0 Å². The third-order valence-corrected chi connectivity index (χ3v) is 2.80. The van der Waals surface area contributed by atoms with E-state index in [1.54, 1.807) is 0 Å². The smallest absolute Gasteiger partial charge is 0.338 e. The molecule has 108 valence electrons. The molecule has 0 spiro atoms. The van der Waals surface area contributed by atoms with Gasteiger partial charge in [-0.25, -0.2) is 4.79 Å². The molecule has 7 heteroatoms. The maximum Gasteiger partial charge on any atom is 0.338 e. The van der Waals surface area contributed by atoms with E-state index in [2.05, 4.69) is 10.1 Å². The highest BCUT2D eigenvalue weighted by Crippen LogP contribution is 2.18. The molecule has 1 atom stereocenters. The van der Waals surface area contributed by atoms with Crippen molar-refractivity contribution >= 4 is 17.6 Å². The van der Waals surface area contributed by atoms with Gasteiger partial charge in [-0.2, -0.15) is 0 Å². The van der Waals surface area contributed by atoms with Gasteiger partial charge in [0.05, 0.1) is 17.6 Å². The van der Waals surface area contributed by atoms with Gasteiger partial charge in [-0.15, -0.1) is 0 Å². The molecule has 0 aliphatic heterocycles. The second-order valence-corrected chi connectivity index (χ2v) is 4.30. The Morgan fingerprint density at radius 2 is 1.95 bits per heavy atom. The van der Waals surface area contributed by atoms with Crippen molar-refractivity contribution in [1.82, 2.24) is 5.32 Å². The number of ether oxygens (including phenoxy) is 1. The molecule has 0 aromatic heterocycles. The third-order valence-electron chi connectivity index (χ3n) is 2.80. The molecule has 0 saturated heterocycles. The van der Waals surface area contributed by atoms with E-state index in [-0.39, 0.29) is 22.9 Å². The molecular weight excluding hydrogens is 264 g/mol. The number of nitro groups is 1. The summed E-state index contributed by atoms with van der Waals surface area (Å²) >= 11 is 0. The van der Waals surface area contributed by atoms with Crippen molar-refractivity contribution in [3.8, 4) is 0 Å². The number of rotatable bonds is 5. The molecule has 1 unspecified atom stereocenters. The summed E-state index contributed by atoms with van der Waals surface area (Å²) in [6, 6.07) is 3.41. The fraction of sp³-hybridized carbons (Fsp3) is 0.385. The van der Waals surface area contributed by atoms with Gasteiger partial charge in [-0.05, 0) is 19.4 Å². The number of esters is 1. The van der Waals surface area contributed by atoms with Gasteiger partial charge in [-0.1, -0.05) is 6.92 Å². The number of nitrogens with one attached hydrogen (secondary N) is 1. The van der Waals surface area contributed by atoms with E-state index in [1.165, 1.54) is 13.2 Å². The molecule has 1 N–H and O–H groups in total. The summed E-state index contributed by atoms with van der Waals surface area (Å²) in [6.07, 6.45) is 0.727. The Morgan fingerprint density at radius 3 is 2.45 bits per heavy atom. The number of nitrogens with zero attached hydrogens (tertiary/aromatic N) is 1. The Hall–Kier alpha value is -2.44. The molecule has 1 aromatic rings. The summed E-state index contributed by atoms with van der Waals surface area (Å²) in [5, 5.41) is 13.5. The van der Waals surface area contributed by atoms with Gasteiger partial charge >= 0.3 is 5.97 Å². The van der Waals surface area contributed by atoms with Gasteiger partial charge in [0.1, 0.15) is 0 Å². The van der Waals surface area contributed by atoms with E-state index < -0.39 is 16.8 Å². The van der Waals surface area contributed by atoms with Crippen LogP contribution in [0.15, 0.2) is 18.2 Å². The first-order valence-corrected chi connectivity index (χ1v) is 6.07. The average Bonchev–Trinajstić information content (AvgIpc) is 2.45. The number of nitro benzene ring substituents is 1. The van der Waals surface area contributed by atoms with Crippen LogP contribution in [0.4, 0.5) is 5.69 Å². The zero-order valence-corrected chi connectivity index (χ0v) is 11.5. The predicted octanol–water partition coefficient (Wildman–Crippen LogP) is 1.91. The number of benzene rings is 1. The Morgan fingerprint density at radius 1 is 1.35 bits per heavy atom. The third kappa shape index (κ3) is 3.78. The summed E-state index contributed by atoms with van der Waals surface area (Å²) in [5.41, 5.74) is -0.307. The predicted molar refractivity (Wildman–Crippen MR) is 71.7 cm³/mol. The minimum atomic E-state index is -0.730. The molecule has 1 rings (SSSR count). The van der Waals surface area contributed by atoms with Gasteiger partial charge in [0.25, 0.3) is 11.6 Å². The molecule has 1 amide bonds. The molecule has 20 heavy (non-hydrogen) atoms. The molecule has 0 fully saturated rings. The number of amides is 1. The van der Waals surface area contributed by atoms with Gasteiger partial charge < -0.3 is 10.1 Å². The first kappa shape index (κ1) is 15.6. The lowest BCUT2D eigenvalue weighted by Gasteiger charge is -2.11. The van der Waals surface area contributed by atoms with E-state index in [4.69, 9.17) is 0 Å². The van der Waals surface area contributed by atoms with Crippen LogP contribution in [0.2, 0.25) is 0 Å². The van der Waals surface area contributed by atoms with Crippen LogP contribution in [-0.2, 0) is 4.74 Å². The molecule has 0 aliphatic rings. The average molecular weight is 280 g/mol. The van der Waals surface area contributed by atoms with E-state index in [0.29, 0.717) is 0 Å². The summed E-state index contributed by atoms with van der Waals surface area (Å²) in [7, 11) is 1.17. The highest BCUT2D eigenvalue weighted by atomic mass is 16.6. The first-order chi connectivity index (χ1) is 9.38. The molecule has 0 bridgehead atoms. The largest absolute Gasteiger partial charge is 0.465 e. The molecular formula is C13H16N2O5. The number of hydrogen-bond donors (Lipinski definition) is 1. The lowest BCUT2D eigenvalue weighted by Crippen LogP contribution is -2.32. The maximum absolute atomic E-state index is 12.0. The summed E-state index contributed by atoms with van der Waals surface area (Å²) in [6.45, 7) is 3.72. The van der Waals surface area contributed by atoms with Crippen molar-refractivity contribution in [2.75, 3.05) is 7.11 Å². The molecule has 7 nitrogen and oxygen atoms in total. The number of non-ortho nitro benzene ring substituents is 1. The topological polar surface area (TPSA) is 98.5 Å². The normalized spacial score (nSPS) is 11.6. The first-order valence-electron chi connectivity index (χ1n) is 6.07. The fourth-order valence-corrected chi connectivity index (χ4v) is 1.49.